The third-order valence-electron chi connectivity index (χ3n) is 3.09. The number of phenols is 1. The van der Waals surface area contributed by atoms with E-state index in [1.54, 1.807) is 12.1 Å². The average molecular weight is 251 g/mol. The van der Waals surface area contributed by atoms with E-state index in [0.29, 0.717) is 23.1 Å². The lowest BCUT2D eigenvalue weighted by atomic mass is 10.2. The van der Waals surface area contributed by atoms with E-state index < -0.39 is 9.84 Å². The Labute approximate surface area is 99.9 Å². The van der Waals surface area contributed by atoms with Crippen molar-refractivity contribution in [3.8, 4) is 5.75 Å². The predicted molar refractivity (Wildman–Crippen MR) is 64.3 cm³/mol. The molecule has 1 aliphatic heterocycles. The lowest BCUT2D eigenvalue weighted by molar-refractivity contribution is 0.473. The normalized spacial score (nSPS) is 21.1. The minimum atomic E-state index is -3.40. The number of hydrogen-bond donors (Lipinski definition) is 2. The monoisotopic (exact) mass is 251 g/mol. The van der Waals surface area contributed by atoms with E-state index in [9.17, 15) is 13.5 Å². The Morgan fingerprint density at radius 2 is 2.12 bits per heavy atom. The summed E-state index contributed by atoms with van der Waals surface area (Å²) in [5.41, 5.74) is 0.662. The fourth-order valence-electron chi connectivity index (χ4n) is 1.95. The van der Waals surface area contributed by atoms with Gasteiger partial charge in [-0.3, -0.25) is 0 Å². The van der Waals surface area contributed by atoms with Crippen molar-refractivity contribution in [1.29, 1.82) is 0 Å². The van der Waals surface area contributed by atoms with Crippen LogP contribution in [0.2, 0.25) is 0 Å². The zero-order chi connectivity index (χ0) is 12.0. The molecule has 0 bridgehead atoms. The Balaban J connectivity index is 1.93. The summed E-state index contributed by atoms with van der Waals surface area (Å²) in [6.07, 6.45) is 3.93. The highest BCUT2D eigenvalue weighted by molar-refractivity contribution is 7.95. The summed E-state index contributed by atoms with van der Waals surface area (Å²) < 4.78 is 24.3. The highest BCUT2D eigenvalue weighted by Crippen LogP contribution is 2.34. The molecule has 90 valence electrons. The van der Waals surface area contributed by atoms with E-state index in [1.165, 1.54) is 12.1 Å². The minimum Gasteiger partial charge on any atom is -0.508 e. The number of benzene rings is 1. The fourth-order valence-corrected chi connectivity index (χ4v) is 3.50. The summed E-state index contributed by atoms with van der Waals surface area (Å²) in [4.78, 5) is 0.607. The number of aromatic hydroxyl groups is 1. The van der Waals surface area contributed by atoms with E-state index in [-0.39, 0.29) is 10.6 Å². The largest absolute Gasteiger partial charge is 0.508 e. The van der Waals surface area contributed by atoms with Gasteiger partial charge in [-0.1, -0.05) is 0 Å². The molecule has 0 spiro atoms. The summed E-state index contributed by atoms with van der Waals surface area (Å²) in [6, 6.07) is 4.92. The van der Waals surface area contributed by atoms with Crippen LogP contribution >= 0.6 is 0 Å². The Hall–Kier alpha value is -1.33. The lowest BCUT2D eigenvalue weighted by Crippen LogP contribution is -2.21. The Morgan fingerprint density at radius 3 is 2.82 bits per heavy atom. The Morgan fingerprint density at radius 1 is 1.35 bits per heavy atom. The second-order valence-electron chi connectivity index (χ2n) is 4.49. The third kappa shape index (κ3) is 1.85. The smallest absolute Gasteiger partial charge is 0.204 e. The number of sulfone groups is 1. The van der Waals surface area contributed by atoms with Crippen molar-refractivity contribution in [2.75, 3.05) is 6.54 Å². The molecule has 5 heteroatoms. The van der Waals surface area contributed by atoms with Crippen LogP contribution < -0.4 is 5.32 Å². The van der Waals surface area contributed by atoms with Gasteiger partial charge in [0.15, 0.2) is 0 Å². The van der Waals surface area contributed by atoms with E-state index in [0.717, 1.165) is 12.8 Å². The lowest BCUT2D eigenvalue weighted by Gasteiger charge is -2.04. The van der Waals surface area contributed by atoms with Crippen molar-refractivity contribution < 1.29 is 13.5 Å². The van der Waals surface area contributed by atoms with E-state index >= 15 is 0 Å². The first-order valence-electron chi connectivity index (χ1n) is 5.59. The Bertz CT molecular complexity index is 600. The van der Waals surface area contributed by atoms with Gasteiger partial charge < -0.3 is 10.4 Å². The standard InChI is InChI=1S/C12H13NO3S/c14-10-4-1-8-5-11(7-13-9-2-3-9)17(15,16)12(8)6-10/h1,4-6,9,13-14H,2-3,7H2. The first kappa shape index (κ1) is 10.8. The van der Waals surface area contributed by atoms with Gasteiger partial charge >= 0.3 is 0 Å². The molecule has 1 aromatic carbocycles. The van der Waals surface area contributed by atoms with Crippen molar-refractivity contribution in [2.45, 2.75) is 23.8 Å². The van der Waals surface area contributed by atoms with Gasteiger partial charge in [0.05, 0.1) is 9.80 Å². The summed E-state index contributed by atoms with van der Waals surface area (Å²) in [5, 5.41) is 12.5. The predicted octanol–water partition coefficient (Wildman–Crippen LogP) is 1.27. The molecule has 2 aliphatic rings. The van der Waals surface area contributed by atoms with Crippen molar-refractivity contribution in [1.82, 2.24) is 5.32 Å². The summed E-state index contributed by atoms with van der Waals surface area (Å²) in [7, 11) is -3.40. The number of rotatable bonds is 3. The van der Waals surface area contributed by atoms with Crippen LogP contribution in [-0.2, 0) is 9.84 Å². The molecule has 1 saturated carbocycles. The van der Waals surface area contributed by atoms with Gasteiger partial charge in [-0.15, -0.1) is 0 Å². The maximum atomic E-state index is 12.1. The first-order chi connectivity index (χ1) is 8.07. The summed E-state index contributed by atoms with van der Waals surface area (Å²) in [6.45, 7) is 0.377. The van der Waals surface area contributed by atoms with Crippen LogP contribution in [0.3, 0.4) is 0 Å². The fraction of sp³-hybridized carbons (Fsp3) is 0.333. The molecule has 0 radical (unpaired) electrons. The van der Waals surface area contributed by atoms with Crippen LogP contribution in [0.5, 0.6) is 5.75 Å². The Kier molecular flexibility index (Phi) is 2.27. The van der Waals surface area contributed by atoms with Crippen LogP contribution in [-0.4, -0.2) is 26.1 Å². The van der Waals surface area contributed by atoms with Crippen LogP contribution in [0.15, 0.2) is 28.0 Å². The van der Waals surface area contributed by atoms with Crippen LogP contribution in [0.1, 0.15) is 18.4 Å². The molecule has 17 heavy (non-hydrogen) atoms. The third-order valence-corrected chi connectivity index (χ3v) is 4.98. The van der Waals surface area contributed by atoms with Gasteiger partial charge in [-0.25, -0.2) is 8.42 Å². The molecule has 4 nitrogen and oxygen atoms in total. The zero-order valence-electron chi connectivity index (χ0n) is 9.18. The SMILES string of the molecule is O=S1(=O)C(CNC2CC2)=Cc2ccc(O)cc21. The minimum absolute atomic E-state index is 0.0165. The summed E-state index contributed by atoms with van der Waals surface area (Å²) >= 11 is 0. The molecule has 0 unspecified atom stereocenters. The van der Waals surface area contributed by atoms with Crippen molar-refractivity contribution in [3.63, 3.8) is 0 Å². The van der Waals surface area contributed by atoms with Crippen LogP contribution in [0.25, 0.3) is 6.08 Å². The number of phenolic OH excluding ortho intramolecular Hbond substituents is 1. The quantitative estimate of drug-likeness (QED) is 0.849. The number of fused-ring (bicyclic) bond motifs is 1. The molecular formula is C12H13NO3S. The number of hydrogen-bond acceptors (Lipinski definition) is 4. The van der Waals surface area contributed by atoms with Crippen molar-refractivity contribution in [2.24, 2.45) is 0 Å². The maximum absolute atomic E-state index is 12.1. The second-order valence-corrected chi connectivity index (χ2v) is 6.46. The van der Waals surface area contributed by atoms with Gasteiger partial charge in [0.2, 0.25) is 9.84 Å². The highest BCUT2D eigenvalue weighted by atomic mass is 32.2. The highest BCUT2D eigenvalue weighted by Gasteiger charge is 2.31. The maximum Gasteiger partial charge on any atom is 0.204 e. The molecule has 1 fully saturated rings. The van der Waals surface area contributed by atoms with Gasteiger partial charge in [-0.05, 0) is 42.7 Å². The van der Waals surface area contributed by atoms with Gasteiger partial charge in [-0.2, -0.15) is 0 Å². The zero-order valence-corrected chi connectivity index (χ0v) is 10.00. The molecule has 0 saturated heterocycles. The molecular weight excluding hydrogens is 238 g/mol. The molecule has 0 amide bonds. The van der Waals surface area contributed by atoms with E-state index in [1.807, 2.05) is 0 Å². The number of nitrogens with one attached hydrogen (secondary N) is 1. The van der Waals surface area contributed by atoms with Crippen molar-refractivity contribution >= 4 is 15.9 Å². The van der Waals surface area contributed by atoms with E-state index in [4.69, 9.17) is 0 Å². The van der Waals surface area contributed by atoms with Gasteiger partial charge in [0.1, 0.15) is 5.75 Å². The van der Waals surface area contributed by atoms with Gasteiger partial charge in [0.25, 0.3) is 0 Å². The molecule has 0 aromatic heterocycles. The second kappa shape index (κ2) is 3.58. The first-order valence-corrected chi connectivity index (χ1v) is 7.08. The van der Waals surface area contributed by atoms with Crippen LogP contribution in [0, 0.1) is 0 Å². The average Bonchev–Trinajstić information content (AvgIpc) is 3.05. The van der Waals surface area contributed by atoms with Crippen LogP contribution in [0.4, 0.5) is 0 Å². The molecule has 1 aromatic rings. The molecule has 3 rings (SSSR count). The van der Waals surface area contributed by atoms with Crippen molar-refractivity contribution in [3.05, 3.63) is 28.7 Å². The molecule has 1 heterocycles. The molecule has 2 N–H and O–H groups in total. The molecule has 1 aliphatic carbocycles. The van der Waals surface area contributed by atoms with E-state index in [2.05, 4.69) is 5.32 Å². The molecule has 0 atom stereocenters. The summed E-state index contributed by atoms with van der Waals surface area (Å²) in [5.74, 6) is -0.0165. The van der Waals surface area contributed by atoms with Gasteiger partial charge in [0, 0.05) is 12.6 Å². The topological polar surface area (TPSA) is 66.4 Å².